The highest BCUT2D eigenvalue weighted by Gasteiger charge is 2.79. The molecule has 69 heavy (non-hydrogen) atoms. The molecule has 0 aromatic carbocycles. The average molecular weight is 1080 g/mol. The molecule has 0 spiro atoms. The molecule has 0 aliphatic rings. The summed E-state index contributed by atoms with van der Waals surface area (Å²) in [4.78, 5) is 13.3. The van der Waals surface area contributed by atoms with Gasteiger partial charge in [-0.1, -0.05) is 277 Å². The molecule has 0 aliphatic carbocycles. The van der Waals surface area contributed by atoms with Crippen molar-refractivity contribution >= 4 is 56.9 Å². The summed E-state index contributed by atoms with van der Waals surface area (Å²) in [6.45, 7) is 97.3. The van der Waals surface area contributed by atoms with Crippen LogP contribution in [0.4, 0.5) is 0 Å². The second kappa shape index (κ2) is 19.4. The molecule has 0 unspecified atom stereocenters. The fourth-order valence-corrected chi connectivity index (χ4v) is 69.3. The Labute approximate surface area is 439 Å². The molecule has 0 radical (unpaired) electrons. The Morgan fingerprint density at radius 2 is 0.406 bits per heavy atom. The van der Waals surface area contributed by atoms with Gasteiger partial charge in [0.2, 0.25) is 0 Å². The summed E-state index contributed by atoms with van der Waals surface area (Å²) in [7, 11) is -21.6. The molecule has 7 nitrogen and oxygen atoms in total. The zero-order chi connectivity index (χ0) is 56.9. The summed E-state index contributed by atoms with van der Waals surface area (Å²) in [6.07, 6.45) is 0. The van der Waals surface area contributed by atoms with Crippen molar-refractivity contribution in [3.8, 4) is 0 Å². The van der Waals surface area contributed by atoms with Crippen LogP contribution in [0.3, 0.4) is 0 Å². The highest BCUT2D eigenvalue weighted by Crippen LogP contribution is 2.71. The minimum atomic E-state index is -3.85. The first-order chi connectivity index (χ1) is 29.1. The number of ketones is 1. The van der Waals surface area contributed by atoms with E-state index >= 15 is 0 Å². The Morgan fingerprint density at radius 1 is 0.261 bits per heavy atom. The number of allylic oxidation sites excluding steroid dienone is 1. The van der Waals surface area contributed by atoms with Crippen molar-refractivity contribution in [2.24, 2.45) is 0 Å². The Balaban J connectivity index is 10.2. The topological polar surface area (TPSA) is 72.5 Å². The van der Waals surface area contributed by atoms with Crippen molar-refractivity contribution < 1.29 is 29.8 Å². The van der Waals surface area contributed by atoms with Gasteiger partial charge in [-0.25, -0.2) is 0 Å². The molecule has 0 bridgehead atoms. The van der Waals surface area contributed by atoms with Crippen LogP contribution in [-0.2, 0) is 29.8 Å². The van der Waals surface area contributed by atoms with E-state index in [0.717, 1.165) is 0 Å². The Morgan fingerprint density at radius 3 is 0.536 bits per heavy atom. The van der Waals surface area contributed by atoms with Gasteiger partial charge in [0.25, 0.3) is 0 Å². The van der Waals surface area contributed by atoms with Gasteiger partial charge < -0.3 is 25.0 Å². The summed E-state index contributed by atoms with van der Waals surface area (Å²) in [5, 5.41) is -5.49. The second-order valence-electron chi connectivity index (χ2n) is 34.6. The van der Waals surface area contributed by atoms with Crippen molar-refractivity contribution in [1.82, 2.24) is 0 Å². The van der Waals surface area contributed by atoms with Crippen LogP contribution in [0.2, 0.25) is 65.5 Å². The first-order valence-corrected chi connectivity index (χ1v) is 37.5. The zero-order valence-electron chi connectivity index (χ0n) is 54.1. The maximum absolute atomic E-state index is 13.3. The van der Waals surface area contributed by atoms with Gasteiger partial charge in [-0.3, -0.25) is 4.79 Å². The third-order valence-electron chi connectivity index (χ3n) is 15.1. The van der Waals surface area contributed by atoms with Crippen LogP contribution in [0.15, 0.2) is 12.3 Å². The number of carbonyl (C=O) groups is 1. The molecule has 0 saturated carbocycles. The summed E-state index contributed by atoms with van der Waals surface area (Å²) >= 11 is 0. The number of hydrogen-bond donors (Lipinski definition) is 0. The van der Waals surface area contributed by atoms with Crippen molar-refractivity contribution in [2.75, 3.05) is 0 Å². The van der Waals surface area contributed by atoms with E-state index in [1.807, 2.05) is 0 Å². The van der Waals surface area contributed by atoms with Crippen LogP contribution in [-0.4, -0.2) is 56.9 Å². The van der Waals surface area contributed by atoms with Crippen LogP contribution in [0, 0.1) is 0 Å². The van der Waals surface area contributed by atoms with E-state index < -0.39 is 102 Å². The first kappa shape index (κ1) is 69.3. The van der Waals surface area contributed by atoms with Gasteiger partial charge >= 0.3 is 42.8 Å². The van der Waals surface area contributed by atoms with Crippen LogP contribution in [0.1, 0.15) is 277 Å². The highest BCUT2D eigenvalue weighted by atomic mass is 28.5. The third kappa shape index (κ3) is 12.3. The minimum absolute atomic E-state index is 0.134. The van der Waals surface area contributed by atoms with Gasteiger partial charge in [-0.2, -0.15) is 0 Å². The van der Waals surface area contributed by atoms with Crippen molar-refractivity contribution in [2.45, 2.75) is 342 Å². The fourth-order valence-electron chi connectivity index (χ4n) is 13.9. The van der Waals surface area contributed by atoms with E-state index in [0.29, 0.717) is 0 Å². The molecule has 0 aliphatic heterocycles. The van der Waals surface area contributed by atoms with Gasteiger partial charge in [-0.05, 0) is 15.1 Å². The van der Waals surface area contributed by atoms with Gasteiger partial charge in [0.1, 0.15) is 5.76 Å². The second-order valence-corrected chi connectivity index (χ2v) is 65.9. The molecule has 0 aromatic heterocycles. The maximum Gasteiger partial charge on any atom is 0.401 e. The van der Waals surface area contributed by atoms with Crippen LogP contribution < -0.4 is 0 Å². The van der Waals surface area contributed by atoms with Crippen molar-refractivity contribution in [1.29, 1.82) is 0 Å². The zero-order valence-corrected chi connectivity index (χ0v) is 60.1. The van der Waals surface area contributed by atoms with Gasteiger partial charge in [0, 0.05) is 57.3 Å². The first-order valence-electron chi connectivity index (χ1n) is 26.5. The number of hydrogen-bond acceptors (Lipinski definition) is 7. The van der Waals surface area contributed by atoms with Crippen molar-refractivity contribution in [3.63, 3.8) is 0 Å². The van der Waals surface area contributed by atoms with Crippen LogP contribution in [0.25, 0.3) is 0 Å². The molecule has 0 atom stereocenters. The number of Topliss-reactive ketones (excluding diaryl/α,β-unsaturated/α-hetero) is 1. The molecule has 0 rings (SSSR count). The maximum atomic E-state index is 13.3. The predicted molar refractivity (Wildman–Crippen MR) is 317 cm³/mol. The van der Waals surface area contributed by atoms with Crippen LogP contribution in [0.5, 0.6) is 0 Å². The molecule has 0 amide bonds. The molecule has 0 aromatic rings. The molecule has 412 valence electrons. The lowest BCUT2D eigenvalue weighted by Crippen LogP contribution is -2.79. The Kier molecular flexibility index (Phi) is 19.5. The normalized spacial score (nSPS) is 16.5. The smallest absolute Gasteiger partial charge is 0.401 e. The molecular formula is C56H122O7Si6. The average Bonchev–Trinajstić information content (AvgIpc) is 2.96. The van der Waals surface area contributed by atoms with Crippen molar-refractivity contribution in [3.05, 3.63) is 12.3 Å². The summed E-state index contributed by atoms with van der Waals surface area (Å²) in [5.41, 5.74) is 0. The van der Waals surface area contributed by atoms with E-state index in [4.69, 9.17) is 25.0 Å². The lowest BCUT2D eigenvalue weighted by molar-refractivity contribution is -0.116. The lowest BCUT2D eigenvalue weighted by Gasteiger charge is -2.68. The number of carbonyl (C=O) groups excluding carboxylic acids is 1. The SMILES string of the molecule is C=C(O[Si](O[Si](O[Si](O[Si](O[Si](O[Si](C(C)(C)C)(C(C)(C)C)C(C)(C)C)(C(C)(C)C)C(C)(C)C)(C(C)(C)C)C(C)(C)C)(C(C)(C)C)C(C)(C)C)(C(C)(C)C)C(C)(C)C)(C(C)(C)C)C(C)(C)C)C(C)=O. The molecule has 0 fully saturated rings. The Hall–Kier alpha value is 0.311. The van der Waals surface area contributed by atoms with Crippen LogP contribution >= 0.6 is 0 Å². The molecular weight excluding hydrogens is 953 g/mol. The lowest BCUT2D eigenvalue weighted by atomic mass is 10.2. The van der Waals surface area contributed by atoms with E-state index in [9.17, 15) is 4.79 Å². The van der Waals surface area contributed by atoms with Gasteiger partial charge in [0.05, 0.1) is 0 Å². The largest absolute Gasteiger partial charge is 0.518 e. The summed E-state index contributed by atoms with van der Waals surface area (Å²) in [6, 6.07) is 0. The van der Waals surface area contributed by atoms with Gasteiger partial charge in [-0.15, -0.1) is 0 Å². The monoisotopic (exact) mass is 1070 g/mol. The quantitative estimate of drug-likeness (QED) is 0.103. The van der Waals surface area contributed by atoms with E-state index in [1.54, 1.807) is 0 Å². The summed E-state index contributed by atoms with van der Waals surface area (Å²) < 4.78 is 51.4. The number of rotatable bonds is 13. The molecule has 0 heterocycles. The minimum Gasteiger partial charge on any atom is -0.518 e. The van der Waals surface area contributed by atoms with E-state index in [-0.39, 0.29) is 26.7 Å². The third-order valence-corrected chi connectivity index (χ3v) is 53.3. The highest BCUT2D eigenvalue weighted by molar-refractivity contribution is 6.99. The van der Waals surface area contributed by atoms with Gasteiger partial charge in [0.15, 0.2) is 14.1 Å². The molecule has 0 N–H and O–H groups in total. The standard InChI is InChI=1S/C56H122O7Si6/c1-42(57)43(2)58-65(47(12,13)14,48(15,16)17)60-67(51(24,25)26,52(27,28)29)62-69(55(36,37)38,56(39,40)41)63-68(53(30,31)32,54(33,34)35)61-66(49(18,19)20,50(21,22)23)59-64(44(3,4)5,45(6,7)8)46(9,10)11/h2H2,1,3-41H3. The fraction of sp³-hybridized carbons (Fsp3) is 0.946. The van der Waals surface area contributed by atoms with E-state index in [2.05, 4.69) is 277 Å². The molecule has 0 saturated heterocycles. The summed E-state index contributed by atoms with van der Waals surface area (Å²) in [5.74, 6) is -0.0672. The Bertz CT molecular complexity index is 1670. The predicted octanol–water partition coefficient (Wildman–Crippen LogP) is 20.7. The molecule has 13 heteroatoms. The van der Waals surface area contributed by atoms with E-state index in [1.165, 1.54) is 6.92 Å².